The number of aromatic carboxylic acids is 1. The molecule has 1 heterocycles. The van der Waals surface area contributed by atoms with Gasteiger partial charge >= 0.3 is 5.97 Å². The molecule has 1 saturated heterocycles. The summed E-state index contributed by atoms with van der Waals surface area (Å²) in [5.74, 6) is -1.42. The van der Waals surface area contributed by atoms with Crippen LogP contribution in [0.4, 0.5) is 5.69 Å². The van der Waals surface area contributed by atoms with Crippen LogP contribution in [0, 0.1) is 0 Å². The summed E-state index contributed by atoms with van der Waals surface area (Å²) in [5, 5.41) is 13.0. The molecule has 0 bridgehead atoms. The van der Waals surface area contributed by atoms with E-state index in [-0.39, 0.29) is 17.2 Å². The van der Waals surface area contributed by atoms with Gasteiger partial charge < -0.3 is 10.4 Å². The molecule has 0 saturated carbocycles. The fraction of sp³-hybridized carbons (Fsp3) is 0. The second kappa shape index (κ2) is 7.31. The summed E-state index contributed by atoms with van der Waals surface area (Å²) in [4.78, 5) is 28.0. The number of carboxylic acids is 1. The number of aliphatic imine (C=N–C) groups is 1. The molecule has 8 heteroatoms. The molecule has 25 heavy (non-hydrogen) atoms. The van der Waals surface area contributed by atoms with E-state index < -0.39 is 5.97 Å². The zero-order valence-electron chi connectivity index (χ0n) is 12.5. The van der Waals surface area contributed by atoms with Gasteiger partial charge in [-0.15, -0.1) is 0 Å². The third-order valence-corrected chi connectivity index (χ3v) is 4.73. The number of nitrogens with zero attached hydrogens (tertiary/aromatic N) is 1. The Morgan fingerprint density at radius 3 is 2.68 bits per heavy atom. The normalized spacial score (nSPS) is 17.1. The van der Waals surface area contributed by atoms with E-state index in [4.69, 9.17) is 23.2 Å². The highest BCUT2D eigenvalue weighted by atomic mass is 35.5. The van der Waals surface area contributed by atoms with Crippen LogP contribution < -0.4 is 5.32 Å². The van der Waals surface area contributed by atoms with Crippen molar-refractivity contribution in [3.05, 3.63) is 68.5 Å². The third kappa shape index (κ3) is 4.04. The van der Waals surface area contributed by atoms with Crippen molar-refractivity contribution in [3.63, 3.8) is 0 Å². The Labute approximate surface area is 157 Å². The van der Waals surface area contributed by atoms with Gasteiger partial charge in [-0.3, -0.25) is 4.79 Å². The van der Waals surface area contributed by atoms with E-state index in [1.165, 1.54) is 6.07 Å². The van der Waals surface area contributed by atoms with Crippen molar-refractivity contribution in [1.82, 2.24) is 5.32 Å². The Kier molecular flexibility index (Phi) is 5.13. The highest BCUT2D eigenvalue weighted by molar-refractivity contribution is 8.18. The van der Waals surface area contributed by atoms with Gasteiger partial charge in [-0.1, -0.05) is 41.4 Å². The van der Waals surface area contributed by atoms with E-state index in [2.05, 4.69) is 10.3 Å². The predicted molar refractivity (Wildman–Crippen MR) is 101 cm³/mol. The number of carboxylic acid groups (broad SMARTS) is 1. The van der Waals surface area contributed by atoms with Crippen molar-refractivity contribution in [1.29, 1.82) is 0 Å². The van der Waals surface area contributed by atoms with Gasteiger partial charge in [-0.2, -0.15) is 0 Å². The van der Waals surface area contributed by atoms with E-state index in [1.807, 2.05) is 0 Å². The van der Waals surface area contributed by atoms with Crippen LogP contribution in [-0.4, -0.2) is 22.2 Å². The minimum Gasteiger partial charge on any atom is -0.478 e. The molecule has 2 aromatic carbocycles. The topological polar surface area (TPSA) is 78.8 Å². The molecule has 3 rings (SSSR count). The number of hydrogen-bond donors (Lipinski definition) is 2. The van der Waals surface area contributed by atoms with Crippen molar-refractivity contribution >= 4 is 63.8 Å². The lowest BCUT2D eigenvalue weighted by Gasteiger charge is -2.01. The first-order valence-corrected chi connectivity index (χ1v) is 8.58. The van der Waals surface area contributed by atoms with Crippen LogP contribution in [0.25, 0.3) is 6.08 Å². The monoisotopic (exact) mass is 392 g/mol. The van der Waals surface area contributed by atoms with Gasteiger partial charge in [0.1, 0.15) is 0 Å². The summed E-state index contributed by atoms with van der Waals surface area (Å²) < 4.78 is 0. The Balaban J connectivity index is 1.90. The molecule has 0 radical (unpaired) electrons. The quantitative estimate of drug-likeness (QED) is 0.748. The summed E-state index contributed by atoms with van der Waals surface area (Å²) in [5.41, 5.74) is 0.975. The van der Waals surface area contributed by atoms with Gasteiger partial charge in [0.15, 0.2) is 5.17 Å². The zero-order chi connectivity index (χ0) is 18.0. The SMILES string of the molecule is O=C1NC(=Nc2ccccc2C(=O)O)S/C1=C\c1ccc(Cl)cc1Cl. The zero-order valence-corrected chi connectivity index (χ0v) is 14.8. The molecule has 1 aliphatic heterocycles. The maximum atomic E-state index is 12.1. The summed E-state index contributed by atoms with van der Waals surface area (Å²) in [7, 11) is 0. The highest BCUT2D eigenvalue weighted by Gasteiger charge is 2.24. The average Bonchev–Trinajstić information content (AvgIpc) is 2.90. The number of nitrogens with one attached hydrogen (secondary N) is 1. The second-order valence-corrected chi connectivity index (χ2v) is 6.84. The van der Waals surface area contributed by atoms with Gasteiger partial charge in [0.25, 0.3) is 5.91 Å². The number of thioether (sulfide) groups is 1. The molecule has 126 valence electrons. The number of amides is 1. The van der Waals surface area contributed by atoms with Crippen molar-refractivity contribution in [2.75, 3.05) is 0 Å². The molecule has 0 aliphatic carbocycles. The van der Waals surface area contributed by atoms with E-state index >= 15 is 0 Å². The molecule has 0 atom stereocenters. The minimum atomic E-state index is -1.09. The summed E-state index contributed by atoms with van der Waals surface area (Å²) in [6, 6.07) is 11.3. The Morgan fingerprint density at radius 2 is 1.96 bits per heavy atom. The Hall–Kier alpha value is -2.28. The molecule has 5 nitrogen and oxygen atoms in total. The van der Waals surface area contributed by atoms with Gasteiger partial charge in [-0.25, -0.2) is 9.79 Å². The first kappa shape index (κ1) is 17.5. The maximum Gasteiger partial charge on any atom is 0.337 e. The highest BCUT2D eigenvalue weighted by Crippen LogP contribution is 2.31. The van der Waals surface area contributed by atoms with Gasteiger partial charge in [0, 0.05) is 10.0 Å². The van der Waals surface area contributed by atoms with Gasteiger partial charge in [0.05, 0.1) is 16.2 Å². The molecule has 1 aliphatic rings. The van der Waals surface area contributed by atoms with Crippen LogP contribution in [-0.2, 0) is 4.79 Å². The first-order chi connectivity index (χ1) is 11.9. The third-order valence-electron chi connectivity index (χ3n) is 3.26. The van der Waals surface area contributed by atoms with Crippen molar-refractivity contribution < 1.29 is 14.7 Å². The molecular formula is C17H10Cl2N2O3S. The van der Waals surface area contributed by atoms with Crippen LogP contribution in [0.2, 0.25) is 10.0 Å². The number of halogens is 2. The van der Waals surface area contributed by atoms with Gasteiger partial charge in [0.2, 0.25) is 0 Å². The number of benzene rings is 2. The van der Waals surface area contributed by atoms with E-state index in [0.29, 0.717) is 25.7 Å². The summed E-state index contributed by atoms with van der Waals surface area (Å²) in [6.07, 6.45) is 1.63. The lowest BCUT2D eigenvalue weighted by Crippen LogP contribution is -2.19. The number of para-hydroxylation sites is 1. The fourth-order valence-electron chi connectivity index (χ4n) is 2.10. The number of carbonyl (C=O) groups is 2. The molecule has 1 fully saturated rings. The minimum absolute atomic E-state index is 0.0584. The molecule has 2 N–H and O–H groups in total. The maximum absolute atomic E-state index is 12.1. The molecule has 2 aromatic rings. The van der Waals surface area contributed by atoms with Crippen molar-refractivity contribution in [3.8, 4) is 0 Å². The molecule has 1 amide bonds. The average molecular weight is 393 g/mol. The number of amidine groups is 1. The fourth-order valence-corrected chi connectivity index (χ4v) is 3.39. The second-order valence-electron chi connectivity index (χ2n) is 4.97. The lowest BCUT2D eigenvalue weighted by molar-refractivity contribution is -0.115. The van der Waals surface area contributed by atoms with Crippen LogP contribution in [0.5, 0.6) is 0 Å². The first-order valence-electron chi connectivity index (χ1n) is 7.01. The Morgan fingerprint density at radius 1 is 1.20 bits per heavy atom. The van der Waals surface area contributed by atoms with Crippen molar-refractivity contribution in [2.45, 2.75) is 0 Å². The molecular weight excluding hydrogens is 383 g/mol. The molecule has 0 aromatic heterocycles. The lowest BCUT2D eigenvalue weighted by atomic mass is 10.2. The Bertz CT molecular complexity index is 941. The summed E-state index contributed by atoms with van der Waals surface area (Å²) in [6.45, 7) is 0. The number of rotatable bonds is 3. The molecule has 0 spiro atoms. The van der Waals surface area contributed by atoms with E-state index in [0.717, 1.165) is 11.8 Å². The van der Waals surface area contributed by atoms with Gasteiger partial charge in [-0.05, 0) is 47.7 Å². The van der Waals surface area contributed by atoms with Crippen LogP contribution in [0.3, 0.4) is 0 Å². The van der Waals surface area contributed by atoms with E-state index in [9.17, 15) is 14.7 Å². The standard InChI is InChI=1S/C17H10Cl2N2O3S/c18-10-6-5-9(12(19)8-10)7-14-15(22)21-17(25-14)20-13-4-2-1-3-11(13)16(23)24/h1-8H,(H,23,24)(H,20,21,22)/b14-7-. The number of hydrogen-bond acceptors (Lipinski definition) is 4. The van der Waals surface area contributed by atoms with Crippen LogP contribution in [0.1, 0.15) is 15.9 Å². The summed E-state index contributed by atoms with van der Waals surface area (Å²) >= 11 is 13.1. The van der Waals surface area contributed by atoms with Crippen LogP contribution >= 0.6 is 35.0 Å². The van der Waals surface area contributed by atoms with Crippen molar-refractivity contribution in [2.24, 2.45) is 4.99 Å². The van der Waals surface area contributed by atoms with Crippen LogP contribution in [0.15, 0.2) is 52.4 Å². The number of carbonyl (C=O) groups excluding carboxylic acids is 1. The predicted octanol–water partition coefficient (Wildman–Crippen LogP) is 4.58. The van der Waals surface area contributed by atoms with E-state index in [1.54, 1.807) is 42.5 Å². The smallest absolute Gasteiger partial charge is 0.337 e. The molecule has 0 unspecified atom stereocenters. The largest absolute Gasteiger partial charge is 0.478 e.